The number of carbonyl (C=O) groups is 1. The average molecular weight is 295 g/mol. The van der Waals surface area contributed by atoms with Crippen molar-refractivity contribution in [1.29, 1.82) is 5.26 Å². The van der Waals surface area contributed by atoms with E-state index >= 15 is 0 Å². The highest BCUT2D eigenvalue weighted by Crippen LogP contribution is 2.39. The molecule has 2 unspecified atom stereocenters. The van der Waals surface area contributed by atoms with Gasteiger partial charge in [-0.3, -0.25) is 0 Å². The molecule has 0 saturated carbocycles. The number of nitrogens with two attached hydrogens (primary N) is 1. The molecule has 20 heavy (non-hydrogen) atoms. The summed E-state index contributed by atoms with van der Waals surface area (Å²) in [6.07, 6.45) is 0.130. The molecule has 2 N–H and O–H groups in total. The van der Waals surface area contributed by atoms with E-state index in [9.17, 15) is 10.1 Å². The number of esters is 1. The lowest BCUT2D eigenvalue weighted by molar-refractivity contribution is -0.00502. The Morgan fingerprint density at radius 2 is 2.10 bits per heavy atom. The van der Waals surface area contributed by atoms with Crippen molar-refractivity contribution in [2.45, 2.75) is 26.1 Å². The van der Waals surface area contributed by atoms with Crippen molar-refractivity contribution in [3.63, 3.8) is 0 Å². The Bertz CT molecular complexity index is 554. The number of nitrogens with zero attached hydrogens (tertiary/aromatic N) is 2. The summed E-state index contributed by atoms with van der Waals surface area (Å²) in [5.41, 5.74) is 6.44. The zero-order chi connectivity index (χ0) is 14.9. The average Bonchev–Trinajstić information content (AvgIpc) is 2.73. The first kappa shape index (κ1) is 14.6. The van der Waals surface area contributed by atoms with Gasteiger partial charge in [0.25, 0.3) is 0 Å². The smallest absolute Gasteiger partial charge is 0.350 e. The van der Waals surface area contributed by atoms with Crippen LogP contribution in [-0.4, -0.2) is 38.4 Å². The molecule has 1 aliphatic rings. The second kappa shape index (κ2) is 5.69. The van der Waals surface area contributed by atoms with E-state index in [1.54, 1.807) is 0 Å². The van der Waals surface area contributed by atoms with Gasteiger partial charge in [0.2, 0.25) is 0 Å². The van der Waals surface area contributed by atoms with Gasteiger partial charge in [0.15, 0.2) is 0 Å². The fourth-order valence-corrected chi connectivity index (χ4v) is 3.46. The van der Waals surface area contributed by atoms with Gasteiger partial charge in [-0.25, -0.2) is 4.79 Å². The lowest BCUT2D eigenvalue weighted by Gasteiger charge is -2.36. The van der Waals surface area contributed by atoms with Crippen LogP contribution in [0.1, 0.15) is 29.1 Å². The highest BCUT2D eigenvalue weighted by molar-refractivity contribution is 7.18. The summed E-state index contributed by atoms with van der Waals surface area (Å²) in [4.78, 5) is 14.0. The summed E-state index contributed by atoms with van der Waals surface area (Å²) in [6, 6.07) is 2.09. The van der Waals surface area contributed by atoms with Gasteiger partial charge in [-0.15, -0.1) is 11.3 Å². The minimum absolute atomic E-state index is 0.0650. The van der Waals surface area contributed by atoms with Crippen molar-refractivity contribution in [3.05, 3.63) is 10.4 Å². The Hall–Kier alpha value is -1.78. The van der Waals surface area contributed by atoms with Crippen LogP contribution in [0.4, 0.5) is 10.7 Å². The van der Waals surface area contributed by atoms with Gasteiger partial charge in [-0.05, 0) is 13.8 Å². The van der Waals surface area contributed by atoms with Gasteiger partial charge < -0.3 is 20.1 Å². The molecule has 0 spiro atoms. The Kier molecular flexibility index (Phi) is 4.16. The Labute approximate surface area is 121 Å². The number of thiophene rings is 1. The molecule has 0 bridgehead atoms. The molecule has 2 rings (SSSR count). The van der Waals surface area contributed by atoms with Crippen molar-refractivity contribution < 1.29 is 14.3 Å². The zero-order valence-electron chi connectivity index (χ0n) is 11.7. The Morgan fingerprint density at radius 1 is 1.50 bits per heavy atom. The first-order valence-corrected chi connectivity index (χ1v) is 7.10. The SMILES string of the molecule is COC(=O)c1sc(N2CC(C)OC(C)C2)c(C#N)c1N. The molecule has 1 aromatic rings. The van der Waals surface area contributed by atoms with E-state index in [1.807, 2.05) is 18.7 Å². The third kappa shape index (κ3) is 2.57. The van der Waals surface area contributed by atoms with Crippen LogP contribution in [0, 0.1) is 11.3 Å². The van der Waals surface area contributed by atoms with E-state index in [0.29, 0.717) is 23.7 Å². The molecule has 0 aromatic carbocycles. The molecule has 2 atom stereocenters. The number of hydrogen-bond donors (Lipinski definition) is 1. The van der Waals surface area contributed by atoms with Crippen LogP contribution in [-0.2, 0) is 9.47 Å². The molecule has 0 radical (unpaired) electrons. The number of ether oxygens (including phenoxy) is 2. The topological polar surface area (TPSA) is 88.6 Å². The van der Waals surface area contributed by atoms with Crippen LogP contribution in [0.15, 0.2) is 0 Å². The fraction of sp³-hybridized carbons (Fsp3) is 0.538. The second-order valence-corrected chi connectivity index (χ2v) is 5.79. The molecule has 1 saturated heterocycles. The number of morpholine rings is 1. The van der Waals surface area contributed by atoms with Crippen LogP contribution >= 0.6 is 11.3 Å². The summed E-state index contributed by atoms with van der Waals surface area (Å²) in [7, 11) is 1.30. The summed E-state index contributed by atoms with van der Waals surface area (Å²) in [5, 5.41) is 10.0. The molecule has 0 aliphatic carbocycles. The molecule has 2 heterocycles. The predicted molar refractivity (Wildman–Crippen MR) is 77.0 cm³/mol. The summed E-state index contributed by atoms with van der Waals surface area (Å²) in [6.45, 7) is 5.29. The second-order valence-electron chi connectivity index (χ2n) is 4.79. The van der Waals surface area contributed by atoms with Crippen LogP contribution < -0.4 is 10.6 Å². The molecule has 0 amide bonds. The standard InChI is InChI=1S/C13H17N3O3S/c1-7-5-16(6-8(2)19-7)12-9(4-14)10(15)11(20-12)13(17)18-3/h7-8H,5-6,15H2,1-3H3. The fourth-order valence-electron chi connectivity index (χ4n) is 2.35. The van der Waals surface area contributed by atoms with Crippen molar-refractivity contribution in [3.8, 4) is 6.07 Å². The molecule has 7 heteroatoms. The Balaban J connectivity index is 2.41. The highest BCUT2D eigenvalue weighted by Gasteiger charge is 2.29. The normalized spacial score (nSPS) is 22.4. The van der Waals surface area contributed by atoms with E-state index in [2.05, 4.69) is 6.07 Å². The van der Waals surface area contributed by atoms with Gasteiger partial charge in [-0.2, -0.15) is 5.26 Å². The van der Waals surface area contributed by atoms with Gasteiger partial charge in [0, 0.05) is 13.1 Å². The minimum atomic E-state index is -0.510. The van der Waals surface area contributed by atoms with Crippen LogP contribution in [0.5, 0.6) is 0 Å². The summed E-state index contributed by atoms with van der Waals surface area (Å²) < 4.78 is 10.4. The lowest BCUT2D eigenvalue weighted by Crippen LogP contribution is -2.45. The van der Waals surface area contributed by atoms with E-state index in [1.165, 1.54) is 18.4 Å². The number of nitrogen functional groups attached to an aromatic ring is 1. The number of carbonyl (C=O) groups excluding carboxylic acids is 1. The van der Waals surface area contributed by atoms with Gasteiger partial charge in [0.1, 0.15) is 21.5 Å². The first-order valence-electron chi connectivity index (χ1n) is 6.29. The third-order valence-electron chi connectivity index (χ3n) is 3.12. The molecule has 1 aromatic heterocycles. The lowest BCUT2D eigenvalue weighted by atomic mass is 10.2. The zero-order valence-corrected chi connectivity index (χ0v) is 12.5. The number of hydrogen-bond acceptors (Lipinski definition) is 7. The maximum absolute atomic E-state index is 11.7. The van der Waals surface area contributed by atoms with Crippen molar-refractivity contribution in [2.75, 3.05) is 30.8 Å². The minimum Gasteiger partial charge on any atom is -0.465 e. The molecular formula is C13H17N3O3S. The highest BCUT2D eigenvalue weighted by atomic mass is 32.1. The molecule has 108 valence electrons. The molecule has 1 aliphatic heterocycles. The first-order chi connectivity index (χ1) is 9.47. The monoisotopic (exact) mass is 295 g/mol. The maximum Gasteiger partial charge on any atom is 0.350 e. The maximum atomic E-state index is 11.7. The third-order valence-corrected chi connectivity index (χ3v) is 4.36. The summed E-state index contributed by atoms with van der Waals surface area (Å²) >= 11 is 1.20. The van der Waals surface area contributed by atoms with Crippen molar-refractivity contribution in [1.82, 2.24) is 0 Å². The predicted octanol–water partition coefficient (Wildman–Crippen LogP) is 1.60. The summed E-state index contributed by atoms with van der Waals surface area (Å²) in [5.74, 6) is -0.510. The number of rotatable bonds is 2. The van der Waals surface area contributed by atoms with Crippen LogP contribution in [0.2, 0.25) is 0 Å². The largest absolute Gasteiger partial charge is 0.465 e. The van der Waals surface area contributed by atoms with E-state index in [0.717, 1.165) is 0 Å². The van der Waals surface area contributed by atoms with E-state index in [4.69, 9.17) is 15.2 Å². The van der Waals surface area contributed by atoms with Crippen LogP contribution in [0.3, 0.4) is 0 Å². The van der Waals surface area contributed by atoms with E-state index in [-0.39, 0.29) is 22.8 Å². The molecular weight excluding hydrogens is 278 g/mol. The van der Waals surface area contributed by atoms with Gasteiger partial charge >= 0.3 is 5.97 Å². The number of methoxy groups -OCH3 is 1. The van der Waals surface area contributed by atoms with Gasteiger partial charge in [0.05, 0.1) is 25.0 Å². The number of nitriles is 1. The Morgan fingerprint density at radius 3 is 2.60 bits per heavy atom. The van der Waals surface area contributed by atoms with E-state index < -0.39 is 5.97 Å². The van der Waals surface area contributed by atoms with Crippen molar-refractivity contribution in [2.24, 2.45) is 0 Å². The quantitative estimate of drug-likeness (QED) is 0.834. The molecule has 6 nitrogen and oxygen atoms in total. The van der Waals surface area contributed by atoms with Crippen LogP contribution in [0.25, 0.3) is 0 Å². The molecule has 1 fully saturated rings. The van der Waals surface area contributed by atoms with Crippen molar-refractivity contribution >= 4 is 28.0 Å². The number of anilines is 2. The van der Waals surface area contributed by atoms with Gasteiger partial charge in [-0.1, -0.05) is 0 Å².